The first kappa shape index (κ1) is 11.2. The van der Waals surface area contributed by atoms with Crippen molar-refractivity contribution in [1.29, 1.82) is 0 Å². The van der Waals surface area contributed by atoms with Gasteiger partial charge in [-0.3, -0.25) is 0 Å². The van der Waals surface area contributed by atoms with Gasteiger partial charge in [0, 0.05) is 25.6 Å². The predicted molar refractivity (Wildman–Crippen MR) is 71.3 cm³/mol. The zero-order chi connectivity index (χ0) is 11.7. The molecule has 1 aromatic rings. The smallest absolute Gasteiger partial charge is 0.0208 e. The van der Waals surface area contributed by atoms with Gasteiger partial charge < -0.3 is 10.2 Å². The molecule has 17 heavy (non-hydrogen) atoms. The molecule has 0 aliphatic carbocycles. The Labute approximate surface area is 104 Å². The van der Waals surface area contributed by atoms with E-state index in [9.17, 15) is 0 Å². The minimum atomic E-state index is 0.692. The fourth-order valence-electron chi connectivity index (χ4n) is 3.22. The molecule has 1 N–H and O–H groups in total. The average Bonchev–Trinajstić information content (AvgIpc) is 2.82. The highest BCUT2D eigenvalue weighted by atomic mass is 15.1. The van der Waals surface area contributed by atoms with Crippen molar-refractivity contribution in [3.05, 3.63) is 34.9 Å². The minimum absolute atomic E-state index is 0.692. The summed E-state index contributed by atoms with van der Waals surface area (Å²) in [5.74, 6) is 0.692. The Hall–Kier alpha value is -0.860. The second kappa shape index (κ2) is 4.79. The Bertz CT molecular complexity index is 394. The Morgan fingerprint density at radius 1 is 1.29 bits per heavy atom. The molecule has 1 atom stereocenters. The first-order valence-corrected chi connectivity index (χ1v) is 6.85. The highest BCUT2D eigenvalue weighted by molar-refractivity contribution is 5.36. The second-order valence-corrected chi connectivity index (χ2v) is 5.54. The second-order valence-electron chi connectivity index (χ2n) is 5.54. The van der Waals surface area contributed by atoms with Gasteiger partial charge in [0.15, 0.2) is 0 Å². The van der Waals surface area contributed by atoms with Crippen LogP contribution in [0.3, 0.4) is 0 Å². The number of hydrogen-bond donors (Lipinski definition) is 1. The van der Waals surface area contributed by atoms with Crippen molar-refractivity contribution in [1.82, 2.24) is 10.2 Å². The molecular weight excluding hydrogens is 208 g/mol. The third kappa shape index (κ3) is 2.38. The van der Waals surface area contributed by atoms with Gasteiger partial charge >= 0.3 is 0 Å². The van der Waals surface area contributed by atoms with E-state index in [4.69, 9.17) is 0 Å². The van der Waals surface area contributed by atoms with Crippen LogP contribution in [0.1, 0.15) is 35.4 Å². The van der Waals surface area contributed by atoms with Crippen molar-refractivity contribution in [2.24, 2.45) is 0 Å². The maximum atomic E-state index is 3.57. The molecular formula is C15H22N2. The standard InChI is InChI=1S/C15H22N2/c1-12-4-5-15-13(8-12)9-16-10-14(15)11-17-6-2-3-7-17/h4-5,8,14,16H,2-3,6-7,9-11H2,1H3. The summed E-state index contributed by atoms with van der Waals surface area (Å²) < 4.78 is 0. The van der Waals surface area contributed by atoms with Gasteiger partial charge in [-0.05, 0) is 44.0 Å². The van der Waals surface area contributed by atoms with Crippen LogP contribution in [-0.2, 0) is 6.54 Å². The molecule has 1 unspecified atom stereocenters. The van der Waals surface area contributed by atoms with Crippen molar-refractivity contribution in [2.45, 2.75) is 32.2 Å². The first-order chi connectivity index (χ1) is 8.33. The van der Waals surface area contributed by atoms with E-state index in [1.807, 2.05) is 0 Å². The van der Waals surface area contributed by atoms with Crippen LogP contribution < -0.4 is 5.32 Å². The van der Waals surface area contributed by atoms with Gasteiger partial charge in [-0.25, -0.2) is 0 Å². The summed E-state index contributed by atoms with van der Waals surface area (Å²) in [4.78, 5) is 2.63. The SMILES string of the molecule is Cc1ccc2c(c1)CNCC2CN1CCCC1. The molecule has 2 aliphatic rings. The summed E-state index contributed by atoms with van der Waals surface area (Å²) in [6, 6.07) is 6.96. The van der Waals surface area contributed by atoms with Gasteiger partial charge in [-0.2, -0.15) is 0 Å². The number of nitrogens with zero attached hydrogens (tertiary/aromatic N) is 1. The molecule has 2 aliphatic heterocycles. The molecule has 1 saturated heterocycles. The summed E-state index contributed by atoms with van der Waals surface area (Å²) in [6.45, 7) is 8.23. The number of aryl methyl sites for hydroxylation is 1. The van der Waals surface area contributed by atoms with Crippen LogP contribution in [0.15, 0.2) is 18.2 Å². The summed E-state index contributed by atoms with van der Waals surface area (Å²) >= 11 is 0. The quantitative estimate of drug-likeness (QED) is 0.838. The number of benzene rings is 1. The van der Waals surface area contributed by atoms with Gasteiger partial charge in [0.1, 0.15) is 0 Å². The Morgan fingerprint density at radius 3 is 2.94 bits per heavy atom. The molecule has 0 saturated carbocycles. The summed E-state index contributed by atoms with van der Waals surface area (Å²) in [6.07, 6.45) is 2.78. The fraction of sp³-hybridized carbons (Fsp3) is 0.600. The molecule has 92 valence electrons. The maximum absolute atomic E-state index is 3.57. The van der Waals surface area contributed by atoms with Gasteiger partial charge in [0.25, 0.3) is 0 Å². The van der Waals surface area contributed by atoms with E-state index < -0.39 is 0 Å². The monoisotopic (exact) mass is 230 g/mol. The summed E-state index contributed by atoms with van der Waals surface area (Å²) in [5, 5.41) is 3.57. The van der Waals surface area contributed by atoms with E-state index in [0.717, 1.165) is 13.1 Å². The zero-order valence-electron chi connectivity index (χ0n) is 10.7. The van der Waals surface area contributed by atoms with Crippen molar-refractivity contribution >= 4 is 0 Å². The third-order valence-electron chi connectivity index (χ3n) is 4.12. The van der Waals surface area contributed by atoms with E-state index in [-0.39, 0.29) is 0 Å². The lowest BCUT2D eigenvalue weighted by molar-refractivity contribution is 0.303. The highest BCUT2D eigenvalue weighted by Gasteiger charge is 2.23. The van der Waals surface area contributed by atoms with Crippen molar-refractivity contribution in [3.8, 4) is 0 Å². The first-order valence-electron chi connectivity index (χ1n) is 6.85. The lowest BCUT2D eigenvalue weighted by Crippen LogP contribution is -2.35. The van der Waals surface area contributed by atoms with Crippen molar-refractivity contribution < 1.29 is 0 Å². The largest absolute Gasteiger partial charge is 0.312 e. The Morgan fingerprint density at radius 2 is 2.12 bits per heavy atom. The number of fused-ring (bicyclic) bond motifs is 1. The van der Waals surface area contributed by atoms with Gasteiger partial charge in [0.05, 0.1) is 0 Å². The normalized spacial score (nSPS) is 24.9. The molecule has 0 bridgehead atoms. The lowest BCUT2D eigenvalue weighted by atomic mass is 9.89. The van der Waals surface area contributed by atoms with Gasteiger partial charge in [-0.1, -0.05) is 23.8 Å². The molecule has 1 aromatic carbocycles. The Kier molecular flexibility index (Phi) is 3.17. The maximum Gasteiger partial charge on any atom is 0.0208 e. The molecule has 2 heterocycles. The lowest BCUT2D eigenvalue weighted by Gasteiger charge is -2.30. The van der Waals surface area contributed by atoms with Crippen molar-refractivity contribution in [3.63, 3.8) is 0 Å². The Balaban J connectivity index is 1.78. The predicted octanol–water partition coefficient (Wildman–Crippen LogP) is 2.28. The van der Waals surface area contributed by atoms with E-state index >= 15 is 0 Å². The summed E-state index contributed by atoms with van der Waals surface area (Å²) in [7, 11) is 0. The minimum Gasteiger partial charge on any atom is -0.312 e. The number of nitrogens with one attached hydrogen (secondary N) is 1. The van der Waals surface area contributed by atoms with Crippen molar-refractivity contribution in [2.75, 3.05) is 26.2 Å². The third-order valence-corrected chi connectivity index (χ3v) is 4.12. The molecule has 2 heteroatoms. The molecule has 0 amide bonds. The van der Waals surface area contributed by atoms with E-state index in [1.165, 1.54) is 43.6 Å². The van der Waals surface area contributed by atoms with Crippen LogP contribution in [0.5, 0.6) is 0 Å². The van der Waals surface area contributed by atoms with E-state index in [0.29, 0.717) is 5.92 Å². The van der Waals surface area contributed by atoms with Crippen LogP contribution in [-0.4, -0.2) is 31.1 Å². The summed E-state index contributed by atoms with van der Waals surface area (Å²) in [5.41, 5.74) is 4.48. The van der Waals surface area contributed by atoms with Gasteiger partial charge in [0.2, 0.25) is 0 Å². The van der Waals surface area contributed by atoms with E-state index in [1.54, 1.807) is 5.56 Å². The zero-order valence-corrected chi connectivity index (χ0v) is 10.7. The van der Waals surface area contributed by atoms with Crippen LogP contribution in [0.25, 0.3) is 0 Å². The van der Waals surface area contributed by atoms with Crippen LogP contribution in [0.2, 0.25) is 0 Å². The average molecular weight is 230 g/mol. The molecule has 2 nitrogen and oxygen atoms in total. The molecule has 0 radical (unpaired) electrons. The van der Waals surface area contributed by atoms with Gasteiger partial charge in [-0.15, -0.1) is 0 Å². The molecule has 3 rings (SSSR count). The topological polar surface area (TPSA) is 15.3 Å². The number of hydrogen-bond acceptors (Lipinski definition) is 2. The van der Waals surface area contributed by atoms with Crippen LogP contribution in [0.4, 0.5) is 0 Å². The highest BCUT2D eigenvalue weighted by Crippen LogP contribution is 2.26. The molecule has 0 aromatic heterocycles. The fourth-order valence-corrected chi connectivity index (χ4v) is 3.22. The number of rotatable bonds is 2. The van der Waals surface area contributed by atoms with E-state index in [2.05, 4.69) is 35.3 Å². The molecule has 1 fully saturated rings. The van der Waals surface area contributed by atoms with Crippen LogP contribution >= 0.6 is 0 Å². The van der Waals surface area contributed by atoms with Crippen LogP contribution in [0, 0.1) is 6.92 Å². The number of likely N-dealkylation sites (tertiary alicyclic amines) is 1. The molecule has 0 spiro atoms.